The Morgan fingerprint density at radius 1 is 1.37 bits per heavy atom. The lowest BCUT2D eigenvalue weighted by Crippen LogP contribution is -2.29. The third-order valence-corrected chi connectivity index (χ3v) is 4.39. The Morgan fingerprint density at radius 3 is 2.84 bits per heavy atom. The van der Waals surface area contributed by atoms with E-state index < -0.39 is 0 Å². The van der Waals surface area contributed by atoms with Crippen LogP contribution in [0.2, 0.25) is 0 Å². The van der Waals surface area contributed by atoms with E-state index in [4.69, 9.17) is 4.52 Å². The zero-order chi connectivity index (χ0) is 13.2. The Balaban J connectivity index is 1.54. The molecule has 19 heavy (non-hydrogen) atoms. The van der Waals surface area contributed by atoms with Gasteiger partial charge in [-0.15, -0.1) is 0 Å². The van der Waals surface area contributed by atoms with E-state index >= 15 is 0 Å². The van der Waals surface area contributed by atoms with Crippen molar-refractivity contribution >= 4 is 5.91 Å². The van der Waals surface area contributed by atoms with Crippen LogP contribution in [0.25, 0.3) is 0 Å². The molecule has 3 rings (SSSR count). The molecule has 5 heteroatoms. The van der Waals surface area contributed by atoms with Crippen LogP contribution in [0.5, 0.6) is 0 Å². The fourth-order valence-corrected chi connectivity index (χ4v) is 3.27. The van der Waals surface area contributed by atoms with Crippen LogP contribution in [0.15, 0.2) is 4.52 Å². The molecule has 2 heterocycles. The summed E-state index contributed by atoms with van der Waals surface area (Å²) >= 11 is 0. The van der Waals surface area contributed by atoms with Crippen LogP contribution in [-0.4, -0.2) is 34.0 Å². The minimum absolute atomic E-state index is 0.255. The Hall–Kier alpha value is -1.39. The fraction of sp³-hybridized carbons (Fsp3) is 0.786. The van der Waals surface area contributed by atoms with Crippen molar-refractivity contribution in [1.82, 2.24) is 15.0 Å². The molecule has 1 aromatic heterocycles. The van der Waals surface area contributed by atoms with E-state index in [-0.39, 0.29) is 5.92 Å². The molecule has 5 nitrogen and oxygen atoms in total. The maximum atomic E-state index is 12.2. The summed E-state index contributed by atoms with van der Waals surface area (Å²) in [7, 11) is 0. The predicted octanol–water partition coefficient (Wildman–Crippen LogP) is 2.27. The van der Waals surface area contributed by atoms with Crippen LogP contribution in [0.4, 0.5) is 0 Å². The van der Waals surface area contributed by atoms with E-state index in [2.05, 4.69) is 10.1 Å². The van der Waals surface area contributed by atoms with Crippen LogP contribution in [0.1, 0.15) is 56.2 Å². The van der Waals surface area contributed by atoms with E-state index in [1.165, 1.54) is 25.7 Å². The third kappa shape index (κ3) is 2.80. The summed E-state index contributed by atoms with van der Waals surface area (Å²) in [6, 6.07) is 0. The molecule has 0 aromatic carbocycles. The standard InChI is InChI=1S/C14H21N3O2/c1-10-15-14(16-19-10)12-6-7-17(9-12)13(18)8-11-4-2-3-5-11/h11-12H,2-9H2,1H3. The highest BCUT2D eigenvalue weighted by molar-refractivity contribution is 5.76. The summed E-state index contributed by atoms with van der Waals surface area (Å²) in [5.41, 5.74) is 0. The second-order valence-corrected chi connectivity index (χ2v) is 5.85. The lowest BCUT2D eigenvalue weighted by atomic mass is 10.0. The first kappa shape index (κ1) is 12.6. The van der Waals surface area contributed by atoms with Crippen molar-refractivity contribution in [2.24, 2.45) is 5.92 Å². The van der Waals surface area contributed by atoms with Gasteiger partial charge in [0.2, 0.25) is 11.8 Å². The maximum absolute atomic E-state index is 12.2. The largest absolute Gasteiger partial charge is 0.342 e. The van der Waals surface area contributed by atoms with E-state index in [0.717, 1.165) is 31.8 Å². The van der Waals surface area contributed by atoms with Gasteiger partial charge in [0.05, 0.1) is 0 Å². The van der Waals surface area contributed by atoms with Crippen LogP contribution < -0.4 is 0 Å². The number of carbonyl (C=O) groups is 1. The van der Waals surface area contributed by atoms with E-state index in [1.807, 2.05) is 4.90 Å². The molecule has 1 aliphatic carbocycles. The number of carbonyl (C=O) groups excluding carboxylic acids is 1. The highest BCUT2D eigenvalue weighted by Crippen LogP contribution is 2.30. The molecule has 2 aliphatic rings. The molecule has 0 spiro atoms. The Labute approximate surface area is 113 Å². The molecule has 0 N–H and O–H groups in total. The number of hydrogen-bond acceptors (Lipinski definition) is 4. The van der Waals surface area contributed by atoms with Gasteiger partial charge >= 0.3 is 0 Å². The molecule has 1 unspecified atom stereocenters. The van der Waals surface area contributed by atoms with Gasteiger partial charge in [-0.1, -0.05) is 18.0 Å². The molecule has 1 aromatic rings. The molecule has 1 saturated heterocycles. The molecule has 0 radical (unpaired) electrons. The summed E-state index contributed by atoms with van der Waals surface area (Å²) in [4.78, 5) is 18.5. The van der Waals surface area contributed by atoms with E-state index in [0.29, 0.717) is 17.7 Å². The lowest BCUT2D eigenvalue weighted by Gasteiger charge is -2.18. The van der Waals surface area contributed by atoms with Crippen LogP contribution >= 0.6 is 0 Å². The first-order valence-electron chi connectivity index (χ1n) is 7.30. The molecule has 1 atom stereocenters. The van der Waals surface area contributed by atoms with Gasteiger partial charge in [0.15, 0.2) is 5.82 Å². The molecular weight excluding hydrogens is 242 g/mol. The second-order valence-electron chi connectivity index (χ2n) is 5.85. The van der Waals surface area contributed by atoms with Crippen molar-refractivity contribution in [3.63, 3.8) is 0 Å². The highest BCUT2D eigenvalue weighted by atomic mass is 16.5. The van der Waals surface area contributed by atoms with E-state index in [1.54, 1.807) is 6.92 Å². The summed E-state index contributed by atoms with van der Waals surface area (Å²) in [5.74, 6) is 2.55. The molecule has 1 aliphatic heterocycles. The normalized spacial score (nSPS) is 24.3. The van der Waals surface area contributed by atoms with Crippen LogP contribution in [0, 0.1) is 12.8 Å². The predicted molar refractivity (Wildman–Crippen MR) is 69.5 cm³/mol. The minimum Gasteiger partial charge on any atom is -0.342 e. The summed E-state index contributed by atoms with van der Waals surface area (Å²) in [6.45, 7) is 3.39. The number of amides is 1. The Bertz CT molecular complexity index is 451. The van der Waals surface area contributed by atoms with Crippen molar-refractivity contribution in [3.05, 3.63) is 11.7 Å². The lowest BCUT2D eigenvalue weighted by molar-refractivity contribution is -0.131. The van der Waals surface area contributed by atoms with Crippen molar-refractivity contribution in [2.75, 3.05) is 13.1 Å². The fourth-order valence-electron chi connectivity index (χ4n) is 3.27. The monoisotopic (exact) mass is 263 g/mol. The summed E-state index contributed by atoms with van der Waals surface area (Å²) < 4.78 is 5.02. The second kappa shape index (κ2) is 5.31. The Morgan fingerprint density at radius 2 is 2.16 bits per heavy atom. The van der Waals surface area contributed by atoms with Gasteiger partial charge in [-0.25, -0.2) is 0 Å². The average molecular weight is 263 g/mol. The van der Waals surface area contributed by atoms with Crippen molar-refractivity contribution in [3.8, 4) is 0 Å². The number of hydrogen-bond donors (Lipinski definition) is 0. The van der Waals surface area contributed by atoms with Gasteiger partial charge in [0.1, 0.15) is 0 Å². The smallest absolute Gasteiger partial charge is 0.223 e. The zero-order valence-electron chi connectivity index (χ0n) is 11.5. The van der Waals surface area contributed by atoms with Gasteiger partial charge in [0.25, 0.3) is 0 Å². The van der Waals surface area contributed by atoms with Crippen molar-refractivity contribution in [1.29, 1.82) is 0 Å². The number of likely N-dealkylation sites (tertiary alicyclic amines) is 1. The topological polar surface area (TPSA) is 59.2 Å². The van der Waals surface area contributed by atoms with Gasteiger partial charge in [-0.2, -0.15) is 4.98 Å². The van der Waals surface area contributed by atoms with Gasteiger partial charge in [0, 0.05) is 32.4 Å². The Kier molecular flexibility index (Phi) is 3.53. The SMILES string of the molecule is Cc1nc(C2CCN(C(=O)CC3CCCC3)C2)no1. The summed E-state index contributed by atoms with van der Waals surface area (Å²) in [6.07, 6.45) is 6.73. The number of aromatic nitrogens is 2. The quantitative estimate of drug-likeness (QED) is 0.839. The first-order chi connectivity index (χ1) is 9.22. The molecule has 0 bridgehead atoms. The maximum Gasteiger partial charge on any atom is 0.223 e. The van der Waals surface area contributed by atoms with Crippen molar-refractivity contribution < 1.29 is 9.32 Å². The number of rotatable bonds is 3. The first-order valence-corrected chi connectivity index (χ1v) is 7.30. The van der Waals surface area contributed by atoms with Gasteiger partial charge in [-0.05, 0) is 25.2 Å². The van der Waals surface area contributed by atoms with Gasteiger partial charge < -0.3 is 9.42 Å². The number of aryl methyl sites for hydroxylation is 1. The van der Waals surface area contributed by atoms with Crippen molar-refractivity contribution in [2.45, 2.75) is 51.4 Å². The molecule has 104 valence electrons. The zero-order valence-corrected chi connectivity index (χ0v) is 11.5. The molecule has 1 amide bonds. The molecular formula is C14H21N3O2. The number of nitrogens with zero attached hydrogens (tertiary/aromatic N) is 3. The highest BCUT2D eigenvalue weighted by Gasteiger charge is 2.31. The van der Waals surface area contributed by atoms with Gasteiger partial charge in [-0.3, -0.25) is 4.79 Å². The summed E-state index contributed by atoms with van der Waals surface area (Å²) in [5, 5.41) is 3.97. The molecule has 1 saturated carbocycles. The van der Waals surface area contributed by atoms with E-state index in [9.17, 15) is 4.79 Å². The van der Waals surface area contributed by atoms with Crippen LogP contribution in [0.3, 0.4) is 0 Å². The third-order valence-electron chi connectivity index (χ3n) is 4.39. The van der Waals surface area contributed by atoms with Crippen LogP contribution in [-0.2, 0) is 4.79 Å². The minimum atomic E-state index is 0.255. The molecule has 2 fully saturated rings. The average Bonchev–Trinajstić information content (AvgIpc) is 3.07.